The summed E-state index contributed by atoms with van der Waals surface area (Å²) in [6.07, 6.45) is 0. The maximum Gasteiger partial charge on any atom is 0.325 e. The van der Waals surface area contributed by atoms with Gasteiger partial charge in [-0.25, -0.2) is 4.79 Å². The van der Waals surface area contributed by atoms with E-state index in [-0.39, 0.29) is 6.54 Å². The van der Waals surface area contributed by atoms with Gasteiger partial charge in [-0.1, -0.05) is 15.9 Å². The van der Waals surface area contributed by atoms with Crippen LogP contribution in [0.15, 0.2) is 22.7 Å². The second-order valence-electron chi connectivity index (χ2n) is 5.46. The highest BCUT2D eigenvalue weighted by Gasteiger charge is 2.44. The predicted molar refractivity (Wildman–Crippen MR) is 81.8 cm³/mol. The molecule has 0 spiro atoms. The fourth-order valence-electron chi connectivity index (χ4n) is 2.03. The highest BCUT2D eigenvalue weighted by atomic mass is 79.9. The van der Waals surface area contributed by atoms with Gasteiger partial charge in [-0.3, -0.25) is 14.5 Å². The molecule has 1 aliphatic rings. The van der Waals surface area contributed by atoms with Crippen LogP contribution in [-0.4, -0.2) is 34.8 Å². The number of hydrogen-bond donors (Lipinski definition) is 2. The monoisotopic (exact) mass is 353 g/mol. The molecular weight excluding hydrogens is 338 g/mol. The molecule has 1 heterocycles. The Morgan fingerprint density at radius 3 is 2.57 bits per heavy atom. The second-order valence-corrected chi connectivity index (χ2v) is 6.31. The van der Waals surface area contributed by atoms with Crippen molar-refractivity contribution >= 4 is 39.5 Å². The number of nitrogens with one attached hydrogen (secondary N) is 2. The van der Waals surface area contributed by atoms with Crippen molar-refractivity contribution in [1.29, 1.82) is 0 Å². The number of imide groups is 1. The first-order chi connectivity index (χ1) is 9.70. The number of carbonyl (C=O) groups excluding carboxylic acids is 3. The molecule has 0 aliphatic carbocycles. The summed E-state index contributed by atoms with van der Waals surface area (Å²) in [7, 11) is 0. The van der Waals surface area contributed by atoms with Crippen molar-refractivity contribution in [2.75, 3.05) is 11.9 Å². The van der Waals surface area contributed by atoms with E-state index in [1.807, 2.05) is 13.0 Å². The first kappa shape index (κ1) is 15.5. The Hall–Kier alpha value is -1.89. The van der Waals surface area contributed by atoms with Crippen LogP contribution in [0.25, 0.3) is 0 Å². The summed E-state index contributed by atoms with van der Waals surface area (Å²) in [5.74, 6) is -0.826. The molecule has 0 radical (unpaired) electrons. The molecule has 1 fully saturated rings. The van der Waals surface area contributed by atoms with Crippen LogP contribution in [0.1, 0.15) is 19.4 Å². The van der Waals surface area contributed by atoms with Gasteiger partial charge in [0.25, 0.3) is 5.91 Å². The minimum Gasteiger partial charge on any atom is -0.325 e. The van der Waals surface area contributed by atoms with E-state index in [4.69, 9.17) is 0 Å². The Morgan fingerprint density at radius 2 is 2.05 bits per heavy atom. The quantitative estimate of drug-likeness (QED) is 0.816. The van der Waals surface area contributed by atoms with Crippen LogP contribution >= 0.6 is 15.9 Å². The Kier molecular flexibility index (Phi) is 4.04. The molecule has 1 aliphatic heterocycles. The zero-order valence-electron chi connectivity index (χ0n) is 12.0. The summed E-state index contributed by atoms with van der Waals surface area (Å²) in [6, 6.07) is 4.82. The van der Waals surface area contributed by atoms with Gasteiger partial charge in [0.2, 0.25) is 5.91 Å². The minimum atomic E-state index is -0.967. The zero-order chi connectivity index (χ0) is 15.8. The van der Waals surface area contributed by atoms with Gasteiger partial charge in [0.15, 0.2) is 0 Å². The van der Waals surface area contributed by atoms with Gasteiger partial charge in [0.1, 0.15) is 12.1 Å². The third kappa shape index (κ3) is 3.24. The smallest absolute Gasteiger partial charge is 0.325 e. The number of nitrogens with zero attached hydrogens (tertiary/aromatic N) is 1. The number of urea groups is 1. The average Bonchev–Trinajstić information content (AvgIpc) is 2.56. The van der Waals surface area contributed by atoms with Crippen molar-refractivity contribution in [2.24, 2.45) is 0 Å². The highest BCUT2D eigenvalue weighted by molar-refractivity contribution is 9.10. The molecule has 2 rings (SSSR count). The van der Waals surface area contributed by atoms with E-state index in [2.05, 4.69) is 26.6 Å². The number of hydrogen-bond acceptors (Lipinski definition) is 3. The van der Waals surface area contributed by atoms with Crippen LogP contribution in [-0.2, 0) is 9.59 Å². The third-order valence-electron chi connectivity index (χ3n) is 3.19. The molecule has 0 saturated carbocycles. The number of rotatable bonds is 3. The van der Waals surface area contributed by atoms with Crippen LogP contribution < -0.4 is 10.6 Å². The van der Waals surface area contributed by atoms with Crippen molar-refractivity contribution in [3.05, 3.63) is 28.2 Å². The van der Waals surface area contributed by atoms with E-state index in [0.717, 1.165) is 14.9 Å². The summed E-state index contributed by atoms with van der Waals surface area (Å²) in [5.41, 5.74) is 0.627. The Labute approximate surface area is 131 Å². The first-order valence-electron chi connectivity index (χ1n) is 6.41. The van der Waals surface area contributed by atoms with Gasteiger partial charge in [-0.05, 0) is 44.5 Å². The molecule has 4 amide bonds. The standard InChI is InChI=1S/C14H16BrN3O3/c1-8-6-9(4-5-10(8)15)16-11(19)7-18-12(20)14(2,3)17-13(18)21/h4-6H,7H2,1-3H3,(H,16,19)(H,17,21). The van der Waals surface area contributed by atoms with Gasteiger partial charge in [-0.15, -0.1) is 0 Å². The number of carbonyl (C=O) groups is 3. The summed E-state index contributed by atoms with van der Waals surface area (Å²) in [6.45, 7) is 4.80. The van der Waals surface area contributed by atoms with Crippen molar-refractivity contribution in [1.82, 2.24) is 10.2 Å². The number of anilines is 1. The van der Waals surface area contributed by atoms with Crippen molar-refractivity contribution < 1.29 is 14.4 Å². The summed E-state index contributed by atoms with van der Waals surface area (Å²) in [5, 5.41) is 5.20. The predicted octanol–water partition coefficient (Wildman–Crippen LogP) is 2.03. The molecule has 7 heteroatoms. The SMILES string of the molecule is Cc1cc(NC(=O)CN2C(=O)NC(C)(C)C2=O)ccc1Br. The molecule has 6 nitrogen and oxygen atoms in total. The van der Waals surface area contributed by atoms with E-state index < -0.39 is 23.4 Å². The summed E-state index contributed by atoms with van der Waals surface area (Å²) < 4.78 is 0.941. The van der Waals surface area contributed by atoms with E-state index >= 15 is 0 Å². The normalized spacial score (nSPS) is 16.9. The van der Waals surface area contributed by atoms with Crippen LogP contribution in [0.4, 0.5) is 10.5 Å². The fraction of sp³-hybridized carbons (Fsp3) is 0.357. The number of amides is 4. The third-order valence-corrected chi connectivity index (χ3v) is 4.08. The van der Waals surface area contributed by atoms with E-state index in [1.54, 1.807) is 26.0 Å². The van der Waals surface area contributed by atoms with Crippen LogP contribution in [0.3, 0.4) is 0 Å². The summed E-state index contributed by atoms with van der Waals surface area (Å²) >= 11 is 3.38. The lowest BCUT2D eigenvalue weighted by atomic mass is 10.1. The molecule has 1 aromatic carbocycles. The molecule has 0 aromatic heterocycles. The molecule has 21 heavy (non-hydrogen) atoms. The highest BCUT2D eigenvalue weighted by Crippen LogP contribution is 2.20. The zero-order valence-corrected chi connectivity index (χ0v) is 13.6. The fourth-order valence-corrected chi connectivity index (χ4v) is 2.27. The van der Waals surface area contributed by atoms with Crippen LogP contribution in [0.2, 0.25) is 0 Å². The topological polar surface area (TPSA) is 78.5 Å². The summed E-state index contributed by atoms with van der Waals surface area (Å²) in [4.78, 5) is 36.6. The van der Waals surface area contributed by atoms with Gasteiger partial charge < -0.3 is 10.6 Å². The number of halogens is 1. The van der Waals surface area contributed by atoms with Crippen molar-refractivity contribution in [2.45, 2.75) is 26.3 Å². The van der Waals surface area contributed by atoms with E-state index in [0.29, 0.717) is 5.69 Å². The van der Waals surface area contributed by atoms with Gasteiger partial charge >= 0.3 is 6.03 Å². The maximum absolute atomic E-state index is 12.0. The molecule has 0 atom stereocenters. The molecule has 0 unspecified atom stereocenters. The van der Waals surface area contributed by atoms with E-state index in [1.165, 1.54) is 0 Å². The Balaban J connectivity index is 2.04. The van der Waals surface area contributed by atoms with Gasteiger partial charge in [-0.2, -0.15) is 0 Å². The maximum atomic E-state index is 12.0. The minimum absolute atomic E-state index is 0.302. The Bertz CT molecular complexity index is 628. The van der Waals surface area contributed by atoms with Crippen molar-refractivity contribution in [3.63, 3.8) is 0 Å². The van der Waals surface area contributed by atoms with E-state index in [9.17, 15) is 14.4 Å². The second kappa shape index (κ2) is 5.48. The lowest BCUT2D eigenvalue weighted by molar-refractivity contribution is -0.132. The first-order valence-corrected chi connectivity index (χ1v) is 7.20. The van der Waals surface area contributed by atoms with Gasteiger partial charge in [0.05, 0.1) is 0 Å². The van der Waals surface area contributed by atoms with Crippen molar-refractivity contribution in [3.8, 4) is 0 Å². The average molecular weight is 354 g/mol. The molecular formula is C14H16BrN3O3. The lowest BCUT2D eigenvalue weighted by Gasteiger charge is -2.15. The number of aryl methyl sites for hydroxylation is 1. The Morgan fingerprint density at radius 1 is 1.38 bits per heavy atom. The largest absolute Gasteiger partial charge is 0.325 e. The van der Waals surface area contributed by atoms with Crippen LogP contribution in [0, 0.1) is 6.92 Å². The van der Waals surface area contributed by atoms with Gasteiger partial charge in [0, 0.05) is 10.2 Å². The number of benzene rings is 1. The lowest BCUT2D eigenvalue weighted by Crippen LogP contribution is -2.41. The molecule has 0 bridgehead atoms. The van der Waals surface area contributed by atoms with Crippen LogP contribution in [0.5, 0.6) is 0 Å². The molecule has 112 valence electrons. The molecule has 1 saturated heterocycles. The molecule has 1 aromatic rings. The molecule has 2 N–H and O–H groups in total.